The minimum absolute atomic E-state index is 0. The van der Waals surface area contributed by atoms with Gasteiger partial charge >= 0.3 is 0 Å². The molecule has 5 nitrogen and oxygen atoms in total. The van der Waals surface area contributed by atoms with Gasteiger partial charge in [-0.1, -0.05) is 19.3 Å². The number of halogens is 2. The number of carbonyl (C=O) groups excluding carboxylic acids is 1. The summed E-state index contributed by atoms with van der Waals surface area (Å²) in [6, 6.07) is 3.00. The van der Waals surface area contributed by atoms with Crippen molar-refractivity contribution in [3.05, 3.63) is 0 Å². The van der Waals surface area contributed by atoms with Crippen molar-refractivity contribution in [2.45, 2.75) is 75.5 Å². The largest absolute Gasteiger partial charge is 0.325 e. The molecule has 7 heteroatoms. The maximum atomic E-state index is 12.5. The Balaban J connectivity index is 0.00000132. The number of nitrogens with one attached hydrogen (secondary N) is 2. The minimum atomic E-state index is -0.204. The van der Waals surface area contributed by atoms with E-state index in [1.807, 2.05) is 0 Å². The van der Waals surface area contributed by atoms with Crippen LogP contribution in [0.3, 0.4) is 0 Å². The molecule has 0 bridgehead atoms. The van der Waals surface area contributed by atoms with Crippen LogP contribution in [0.15, 0.2) is 0 Å². The van der Waals surface area contributed by atoms with Crippen molar-refractivity contribution < 1.29 is 4.79 Å². The summed E-state index contributed by atoms with van der Waals surface area (Å²) in [5.74, 6) is 0.131. The van der Waals surface area contributed by atoms with E-state index in [1.165, 1.54) is 32.1 Å². The molecule has 23 heavy (non-hydrogen) atoms. The lowest BCUT2D eigenvalue weighted by Gasteiger charge is -2.26. The number of likely N-dealkylation sites (tertiary alicyclic amines) is 1. The molecule has 1 aliphatic carbocycles. The predicted octanol–water partition coefficient (Wildman–Crippen LogP) is 2.00. The fraction of sp³-hybridized carbons (Fsp3) is 0.875. The molecule has 2 heterocycles. The topological polar surface area (TPSA) is 68.2 Å². The molecule has 0 radical (unpaired) electrons. The highest BCUT2D eigenvalue weighted by Crippen LogP contribution is 2.22. The molecular weight excluding hydrogens is 335 g/mol. The van der Waals surface area contributed by atoms with Crippen molar-refractivity contribution in [2.75, 3.05) is 13.1 Å². The van der Waals surface area contributed by atoms with Gasteiger partial charge < -0.3 is 15.5 Å². The Morgan fingerprint density at radius 1 is 1.09 bits per heavy atom. The Morgan fingerprint density at radius 2 is 1.83 bits per heavy atom. The van der Waals surface area contributed by atoms with Crippen LogP contribution >= 0.6 is 24.8 Å². The van der Waals surface area contributed by atoms with Crippen LogP contribution in [0.2, 0.25) is 0 Å². The quantitative estimate of drug-likeness (QED) is 0.805. The van der Waals surface area contributed by atoms with Gasteiger partial charge in [0.1, 0.15) is 6.04 Å². The second-order valence-corrected chi connectivity index (χ2v) is 6.71. The summed E-state index contributed by atoms with van der Waals surface area (Å²) in [6.45, 7) is 1.62. The highest BCUT2D eigenvalue weighted by Gasteiger charge is 2.37. The zero-order valence-corrected chi connectivity index (χ0v) is 15.1. The van der Waals surface area contributed by atoms with Gasteiger partial charge in [0.15, 0.2) is 0 Å². The highest BCUT2D eigenvalue weighted by molar-refractivity contribution is 5.85. The van der Waals surface area contributed by atoms with Crippen LogP contribution in [0, 0.1) is 11.3 Å². The normalized spacial score (nSPS) is 31.1. The van der Waals surface area contributed by atoms with E-state index in [-0.39, 0.29) is 42.8 Å². The van der Waals surface area contributed by atoms with Gasteiger partial charge in [0.2, 0.25) is 5.91 Å². The summed E-state index contributed by atoms with van der Waals surface area (Å²) in [5.41, 5.74) is 0. The number of hydrogen-bond donors (Lipinski definition) is 2. The van der Waals surface area contributed by atoms with E-state index in [1.54, 1.807) is 4.90 Å². The summed E-state index contributed by atoms with van der Waals surface area (Å²) in [7, 11) is 0. The number of amides is 1. The molecule has 2 aliphatic heterocycles. The summed E-state index contributed by atoms with van der Waals surface area (Å²) in [5, 5.41) is 16.2. The molecule has 0 spiro atoms. The number of nitriles is 1. The Bertz CT molecular complexity index is 423. The third-order valence-corrected chi connectivity index (χ3v) is 5.19. The Hall–Kier alpha value is -0.540. The molecule has 2 saturated heterocycles. The minimum Gasteiger partial charge on any atom is -0.325 e. The molecule has 3 rings (SSSR count). The van der Waals surface area contributed by atoms with Gasteiger partial charge in [-0.2, -0.15) is 5.26 Å². The van der Waals surface area contributed by atoms with Gasteiger partial charge in [-0.3, -0.25) is 4.79 Å². The van der Waals surface area contributed by atoms with Crippen molar-refractivity contribution in [2.24, 2.45) is 0 Å². The Morgan fingerprint density at radius 3 is 2.52 bits per heavy atom. The average molecular weight is 363 g/mol. The summed E-state index contributed by atoms with van der Waals surface area (Å²) < 4.78 is 0. The van der Waals surface area contributed by atoms with Gasteiger partial charge in [0.25, 0.3) is 0 Å². The lowest BCUT2D eigenvalue weighted by Crippen LogP contribution is -2.45. The van der Waals surface area contributed by atoms with Crippen molar-refractivity contribution >= 4 is 30.7 Å². The van der Waals surface area contributed by atoms with Gasteiger partial charge in [-0.05, 0) is 32.1 Å². The van der Waals surface area contributed by atoms with E-state index in [0.717, 1.165) is 32.4 Å². The van der Waals surface area contributed by atoms with Gasteiger partial charge in [0, 0.05) is 25.2 Å². The Kier molecular flexibility index (Phi) is 8.63. The third kappa shape index (κ3) is 4.96. The molecular formula is C16H28Cl2N4O. The molecule has 1 saturated carbocycles. The molecule has 3 aliphatic rings. The zero-order valence-electron chi connectivity index (χ0n) is 13.5. The van der Waals surface area contributed by atoms with Crippen LogP contribution in [0.1, 0.15) is 51.4 Å². The highest BCUT2D eigenvalue weighted by atomic mass is 35.5. The molecule has 2 N–H and O–H groups in total. The standard InChI is InChI=1S/C16H26N4O.2ClH/c17-10-14-7-4-8-20(14)16(21)15-9-13(11-18-15)19-12-5-2-1-3-6-12;;/h12-15,18-19H,1-9,11H2;2*1H/t13-,14?,15-;;/m0../s1. The summed E-state index contributed by atoms with van der Waals surface area (Å²) in [4.78, 5) is 14.3. The van der Waals surface area contributed by atoms with Crippen molar-refractivity contribution in [1.82, 2.24) is 15.5 Å². The molecule has 1 unspecified atom stereocenters. The molecule has 3 atom stereocenters. The summed E-state index contributed by atoms with van der Waals surface area (Å²) in [6.07, 6.45) is 9.24. The molecule has 0 aromatic heterocycles. The van der Waals surface area contributed by atoms with Crippen LogP contribution in [0.5, 0.6) is 0 Å². The van der Waals surface area contributed by atoms with Crippen molar-refractivity contribution in [3.8, 4) is 6.07 Å². The van der Waals surface area contributed by atoms with E-state index in [0.29, 0.717) is 12.1 Å². The maximum absolute atomic E-state index is 12.5. The van der Waals surface area contributed by atoms with Crippen LogP contribution < -0.4 is 10.6 Å². The third-order valence-electron chi connectivity index (χ3n) is 5.19. The zero-order chi connectivity index (χ0) is 14.7. The van der Waals surface area contributed by atoms with Crippen molar-refractivity contribution in [1.29, 1.82) is 5.26 Å². The Labute approximate surface area is 151 Å². The molecule has 132 valence electrons. The monoisotopic (exact) mass is 362 g/mol. The smallest absolute Gasteiger partial charge is 0.240 e. The second kappa shape index (κ2) is 9.68. The fourth-order valence-corrected chi connectivity index (χ4v) is 4.02. The summed E-state index contributed by atoms with van der Waals surface area (Å²) >= 11 is 0. The van der Waals surface area contributed by atoms with Crippen LogP contribution in [0.4, 0.5) is 0 Å². The van der Waals surface area contributed by atoms with E-state index >= 15 is 0 Å². The van der Waals surface area contributed by atoms with E-state index in [4.69, 9.17) is 5.26 Å². The molecule has 0 aromatic carbocycles. The van der Waals surface area contributed by atoms with E-state index < -0.39 is 0 Å². The van der Waals surface area contributed by atoms with E-state index in [2.05, 4.69) is 16.7 Å². The fourth-order valence-electron chi connectivity index (χ4n) is 4.02. The van der Waals surface area contributed by atoms with Crippen LogP contribution in [-0.4, -0.2) is 48.1 Å². The number of nitrogens with zero attached hydrogens (tertiary/aromatic N) is 2. The predicted molar refractivity (Wildman–Crippen MR) is 95.0 cm³/mol. The number of carbonyl (C=O) groups is 1. The van der Waals surface area contributed by atoms with Gasteiger partial charge in [-0.25, -0.2) is 0 Å². The molecule has 1 amide bonds. The number of hydrogen-bond acceptors (Lipinski definition) is 4. The number of rotatable bonds is 3. The first-order valence-corrected chi connectivity index (χ1v) is 8.47. The first kappa shape index (κ1) is 20.5. The lowest BCUT2D eigenvalue weighted by molar-refractivity contribution is -0.133. The lowest BCUT2D eigenvalue weighted by atomic mass is 9.94. The second-order valence-electron chi connectivity index (χ2n) is 6.71. The SMILES string of the molecule is Cl.Cl.N#CC1CCCN1C(=O)[C@@H]1C[C@H](NC2CCCCC2)CN1. The van der Waals surface area contributed by atoms with Crippen LogP contribution in [0.25, 0.3) is 0 Å². The maximum Gasteiger partial charge on any atom is 0.240 e. The van der Waals surface area contributed by atoms with Gasteiger partial charge in [0.05, 0.1) is 12.1 Å². The van der Waals surface area contributed by atoms with Gasteiger partial charge in [-0.15, -0.1) is 24.8 Å². The van der Waals surface area contributed by atoms with Crippen LogP contribution in [-0.2, 0) is 4.79 Å². The van der Waals surface area contributed by atoms with Crippen molar-refractivity contribution in [3.63, 3.8) is 0 Å². The first-order chi connectivity index (χ1) is 10.3. The first-order valence-electron chi connectivity index (χ1n) is 8.47. The average Bonchev–Trinajstić information content (AvgIpc) is 3.16. The molecule has 3 fully saturated rings. The van der Waals surface area contributed by atoms with E-state index in [9.17, 15) is 4.79 Å². The molecule has 0 aromatic rings.